The van der Waals surface area contributed by atoms with Gasteiger partial charge in [-0.1, -0.05) is 11.8 Å². The fourth-order valence-electron chi connectivity index (χ4n) is 1.81. The molecule has 0 atom stereocenters. The van der Waals surface area contributed by atoms with Crippen molar-refractivity contribution in [1.29, 1.82) is 10.5 Å². The van der Waals surface area contributed by atoms with E-state index in [2.05, 4.69) is 4.98 Å². The van der Waals surface area contributed by atoms with E-state index in [0.29, 0.717) is 17.8 Å². The molecule has 10 heteroatoms. The molecular weight excluding hydrogens is 345 g/mol. The molecule has 2 rings (SSSR count). The minimum absolute atomic E-state index is 0.00650. The van der Waals surface area contributed by atoms with Gasteiger partial charge in [0.2, 0.25) is 0 Å². The summed E-state index contributed by atoms with van der Waals surface area (Å²) in [5.74, 6) is 0. The number of nitrogens with zero attached hydrogens (tertiary/aromatic N) is 4. The summed E-state index contributed by atoms with van der Waals surface area (Å²) in [5.41, 5.74) is -2.53. The van der Waals surface area contributed by atoms with Gasteiger partial charge in [0.25, 0.3) is 0 Å². The first-order chi connectivity index (χ1) is 11.3. The molecule has 120 valence electrons. The Bertz CT molecular complexity index is 900. The molecule has 0 aliphatic heterocycles. The molecule has 0 saturated heterocycles. The van der Waals surface area contributed by atoms with Crippen LogP contribution in [0.15, 0.2) is 40.4 Å². The second-order valence-electron chi connectivity index (χ2n) is 4.30. The monoisotopic (exact) mass is 350 g/mol. The van der Waals surface area contributed by atoms with Crippen molar-refractivity contribution in [3.8, 4) is 12.1 Å². The van der Waals surface area contributed by atoms with Gasteiger partial charge in [-0.15, -0.1) is 0 Å². The number of nitro groups is 1. The zero-order chi connectivity index (χ0) is 17.9. The van der Waals surface area contributed by atoms with Crippen LogP contribution in [-0.4, -0.2) is 9.91 Å². The van der Waals surface area contributed by atoms with Crippen molar-refractivity contribution in [2.75, 3.05) is 0 Å². The molecule has 1 aromatic heterocycles. The standard InChI is InChI=1S/C14H5F3N4O2S/c15-14(16,17)11-5-10(2-1-8(11)6-18)24-13-12(21(22)23)9(7-19)3-4-20-13/h1-5H. The average Bonchev–Trinajstić information content (AvgIpc) is 2.53. The lowest BCUT2D eigenvalue weighted by atomic mass is 10.1. The van der Waals surface area contributed by atoms with E-state index in [9.17, 15) is 23.3 Å². The first-order valence-electron chi connectivity index (χ1n) is 6.10. The molecule has 1 heterocycles. The molecule has 0 aliphatic rings. The van der Waals surface area contributed by atoms with Gasteiger partial charge in [-0.3, -0.25) is 10.1 Å². The fourth-order valence-corrected chi connectivity index (χ4v) is 2.74. The highest BCUT2D eigenvalue weighted by molar-refractivity contribution is 7.99. The summed E-state index contributed by atoms with van der Waals surface area (Å²) in [4.78, 5) is 14.0. The van der Waals surface area contributed by atoms with Gasteiger partial charge in [0.1, 0.15) is 11.6 Å². The van der Waals surface area contributed by atoms with Crippen molar-refractivity contribution in [3.05, 3.63) is 57.3 Å². The highest BCUT2D eigenvalue weighted by atomic mass is 32.2. The number of nitriles is 2. The number of halogens is 3. The molecule has 0 spiro atoms. The van der Waals surface area contributed by atoms with Gasteiger partial charge in [-0.2, -0.15) is 23.7 Å². The van der Waals surface area contributed by atoms with Crippen LogP contribution in [0.5, 0.6) is 0 Å². The Labute approximate surface area is 137 Å². The summed E-state index contributed by atoms with van der Waals surface area (Å²) >= 11 is 0.608. The van der Waals surface area contributed by atoms with Crippen LogP contribution in [-0.2, 0) is 6.18 Å². The Morgan fingerprint density at radius 2 is 1.83 bits per heavy atom. The molecule has 0 bridgehead atoms. The molecular formula is C14H5F3N4O2S. The highest BCUT2D eigenvalue weighted by Crippen LogP contribution is 2.39. The Kier molecular flexibility index (Phi) is 4.71. The molecule has 0 radical (unpaired) electrons. The molecule has 24 heavy (non-hydrogen) atoms. The van der Waals surface area contributed by atoms with Crippen molar-refractivity contribution in [2.24, 2.45) is 0 Å². The van der Waals surface area contributed by atoms with Crippen LogP contribution in [0.2, 0.25) is 0 Å². The molecule has 2 aromatic rings. The van der Waals surface area contributed by atoms with Gasteiger partial charge in [-0.25, -0.2) is 4.98 Å². The lowest BCUT2D eigenvalue weighted by molar-refractivity contribution is -0.388. The lowest BCUT2D eigenvalue weighted by Gasteiger charge is -2.10. The Hall–Kier alpha value is -3.11. The Morgan fingerprint density at radius 3 is 2.38 bits per heavy atom. The summed E-state index contributed by atoms with van der Waals surface area (Å²) in [7, 11) is 0. The highest BCUT2D eigenvalue weighted by Gasteiger charge is 2.34. The molecule has 0 fully saturated rings. The van der Waals surface area contributed by atoms with E-state index < -0.39 is 27.9 Å². The summed E-state index contributed by atoms with van der Waals surface area (Å²) in [5, 5.41) is 28.5. The first kappa shape index (κ1) is 17.2. The zero-order valence-electron chi connectivity index (χ0n) is 11.5. The average molecular weight is 350 g/mol. The van der Waals surface area contributed by atoms with E-state index in [1.54, 1.807) is 6.07 Å². The normalized spacial score (nSPS) is 10.7. The van der Waals surface area contributed by atoms with Crippen LogP contribution >= 0.6 is 11.8 Å². The predicted molar refractivity (Wildman–Crippen MR) is 75.9 cm³/mol. The van der Waals surface area contributed by atoms with Gasteiger partial charge in [-0.05, 0) is 24.3 Å². The number of hydrogen-bond donors (Lipinski definition) is 0. The summed E-state index contributed by atoms with van der Waals surface area (Å²) in [6, 6.07) is 7.14. The Balaban J connectivity index is 2.53. The summed E-state index contributed by atoms with van der Waals surface area (Å²) < 4.78 is 38.9. The second-order valence-corrected chi connectivity index (χ2v) is 5.36. The van der Waals surface area contributed by atoms with Crippen molar-refractivity contribution in [2.45, 2.75) is 16.1 Å². The van der Waals surface area contributed by atoms with Crippen molar-refractivity contribution < 1.29 is 18.1 Å². The van der Waals surface area contributed by atoms with Crippen molar-refractivity contribution in [3.63, 3.8) is 0 Å². The minimum atomic E-state index is -4.74. The summed E-state index contributed by atoms with van der Waals surface area (Å²) in [6.07, 6.45) is -3.59. The van der Waals surface area contributed by atoms with E-state index in [1.165, 1.54) is 12.1 Å². The number of pyridine rings is 1. The maximum Gasteiger partial charge on any atom is 0.417 e. The van der Waals surface area contributed by atoms with Crippen LogP contribution in [0.1, 0.15) is 16.7 Å². The van der Waals surface area contributed by atoms with Crippen molar-refractivity contribution in [1.82, 2.24) is 4.98 Å². The molecule has 1 aromatic carbocycles. The molecule has 0 amide bonds. The SMILES string of the molecule is N#Cc1ccc(Sc2nccc(C#N)c2[N+](=O)[O-])cc1C(F)(F)F. The van der Waals surface area contributed by atoms with Gasteiger partial charge in [0.15, 0.2) is 5.03 Å². The topological polar surface area (TPSA) is 104 Å². The smallest absolute Gasteiger partial charge is 0.258 e. The maximum absolute atomic E-state index is 13.0. The van der Waals surface area contributed by atoms with Crippen LogP contribution in [0, 0.1) is 32.8 Å². The van der Waals surface area contributed by atoms with Gasteiger partial charge in [0, 0.05) is 11.1 Å². The van der Waals surface area contributed by atoms with Crippen LogP contribution in [0.4, 0.5) is 18.9 Å². The van der Waals surface area contributed by atoms with E-state index >= 15 is 0 Å². The number of rotatable bonds is 3. The number of aromatic nitrogens is 1. The van der Waals surface area contributed by atoms with Crippen LogP contribution < -0.4 is 0 Å². The Morgan fingerprint density at radius 1 is 1.17 bits per heavy atom. The quantitative estimate of drug-likeness (QED) is 0.614. The molecule has 0 N–H and O–H groups in total. The van der Waals surface area contributed by atoms with E-state index in [1.807, 2.05) is 0 Å². The van der Waals surface area contributed by atoms with Crippen molar-refractivity contribution >= 4 is 17.4 Å². The minimum Gasteiger partial charge on any atom is -0.258 e. The molecule has 0 saturated carbocycles. The molecule has 6 nitrogen and oxygen atoms in total. The second kappa shape index (κ2) is 6.56. The third kappa shape index (κ3) is 3.45. The van der Waals surface area contributed by atoms with Gasteiger partial charge in [0.05, 0.1) is 22.1 Å². The first-order valence-corrected chi connectivity index (χ1v) is 6.92. The number of benzene rings is 1. The lowest BCUT2D eigenvalue weighted by Crippen LogP contribution is -2.07. The van der Waals surface area contributed by atoms with Gasteiger partial charge < -0.3 is 0 Å². The van der Waals surface area contributed by atoms with E-state index in [0.717, 1.165) is 18.3 Å². The maximum atomic E-state index is 13.0. The van der Waals surface area contributed by atoms with Gasteiger partial charge >= 0.3 is 11.9 Å². The molecule has 0 unspecified atom stereocenters. The predicted octanol–water partition coefficient (Wildman–Crippen LogP) is 3.90. The van der Waals surface area contributed by atoms with Crippen LogP contribution in [0.25, 0.3) is 0 Å². The number of hydrogen-bond acceptors (Lipinski definition) is 6. The van der Waals surface area contributed by atoms with E-state index in [-0.39, 0.29) is 15.5 Å². The summed E-state index contributed by atoms with van der Waals surface area (Å²) in [6.45, 7) is 0. The zero-order valence-corrected chi connectivity index (χ0v) is 12.4. The third-order valence-corrected chi connectivity index (χ3v) is 3.81. The molecule has 0 aliphatic carbocycles. The van der Waals surface area contributed by atoms with Crippen LogP contribution in [0.3, 0.4) is 0 Å². The largest absolute Gasteiger partial charge is 0.417 e. The third-order valence-electron chi connectivity index (χ3n) is 2.83. The van der Waals surface area contributed by atoms with E-state index in [4.69, 9.17) is 10.5 Å². The number of alkyl halides is 3. The fraction of sp³-hybridized carbons (Fsp3) is 0.0714.